The zero-order valence-corrected chi connectivity index (χ0v) is 9.92. The molecular formula is C11H16N2O3. The van der Waals surface area contributed by atoms with Crippen molar-refractivity contribution in [3.8, 4) is 0 Å². The Balaban J connectivity index is 3.29. The Kier molecular flexibility index (Phi) is 3.16. The van der Waals surface area contributed by atoms with Gasteiger partial charge in [-0.15, -0.1) is 0 Å². The van der Waals surface area contributed by atoms with E-state index in [-0.39, 0.29) is 23.0 Å². The van der Waals surface area contributed by atoms with Crippen LogP contribution in [-0.2, 0) is 16.6 Å². The third-order valence-corrected chi connectivity index (χ3v) is 2.26. The number of nitrogens with zero attached hydrogens (tertiary/aromatic N) is 1. The Bertz CT molecular complexity index is 469. The average Bonchev–Trinajstić information content (AvgIpc) is 2.09. The maximum atomic E-state index is 11.7. The first kappa shape index (κ1) is 12.4. The van der Waals surface area contributed by atoms with Crippen LogP contribution < -0.4 is 5.56 Å². The molecule has 88 valence electrons. The smallest absolute Gasteiger partial charge is 0.308 e. The van der Waals surface area contributed by atoms with Crippen LogP contribution in [0.3, 0.4) is 0 Å². The quantitative estimate of drug-likeness (QED) is 0.785. The predicted octanol–water partition coefficient (Wildman–Crippen LogP) is 1.00. The molecule has 1 heterocycles. The van der Waals surface area contributed by atoms with E-state index in [9.17, 15) is 9.59 Å². The Hall–Kier alpha value is -1.65. The molecule has 0 radical (unpaired) electrons. The van der Waals surface area contributed by atoms with E-state index < -0.39 is 5.97 Å². The van der Waals surface area contributed by atoms with Crippen molar-refractivity contribution >= 4 is 5.97 Å². The Morgan fingerprint density at radius 1 is 1.44 bits per heavy atom. The van der Waals surface area contributed by atoms with Crippen LogP contribution in [0.4, 0.5) is 0 Å². The molecule has 5 heteroatoms. The van der Waals surface area contributed by atoms with Crippen LogP contribution in [0, 0.1) is 6.92 Å². The minimum absolute atomic E-state index is 0.223. The minimum Gasteiger partial charge on any atom is -0.481 e. The van der Waals surface area contributed by atoms with Gasteiger partial charge in [0.1, 0.15) is 5.82 Å². The molecule has 0 spiro atoms. The van der Waals surface area contributed by atoms with Crippen molar-refractivity contribution in [3.63, 3.8) is 0 Å². The number of hydrogen-bond donors (Lipinski definition) is 2. The van der Waals surface area contributed by atoms with Gasteiger partial charge in [0.25, 0.3) is 5.56 Å². The van der Waals surface area contributed by atoms with E-state index in [0.29, 0.717) is 11.5 Å². The summed E-state index contributed by atoms with van der Waals surface area (Å²) < 4.78 is 0. The molecule has 1 aromatic rings. The first-order valence-electron chi connectivity index (χ1n) is 5.04. The van der Waals surface area contributed by atoms with Crippen LogP contribution in [0.5, 0.6) is 0 Å². The second-order valence-electron chi connectivity index (χ2n) is 4.80. The number of rotatable bonds is 2. The fourth-order valence-corrected chi connectivity index (χ4v) is 1.33. The van der Waals surface area contributed by atoms with Gasteiger partial charge in [0, 0.05) is 16.7 Å². The summed E-state index contributed by atoms with van der Waals surface area (Å²) in [5.41, 5.74) is 0.0856. The summed E-state index contributed by atoms with van der Waals surface area (Å²) in [5.74, 6) is -0.456. The number of aromatic nitrogens is 2. The lowest BCUT2D eigenvalue weighted by molar-refractivity contribution is -0.136. The van der Waals surface area contributed by atoms with Crippen molar-refractivity contribution in [2.24, 2.45) is 0 Å². The van der Waals surface area contributed by atoms with Crippen molar-refractivity contribution in [3.05, 3.63) is 27.4 Å². The third-order valence-electron chi connectivity index (χ3n) is 2.26. The number of carboxylic acids is 1. The molecule has 2 N–H and O–H groups in total. The van der Waals surface area contributed by atoms with E-state index in [1.54, 1.807) is 6.92 Å². The number of carbonyl (C=O) groups is 1. The van der Waals surface area contributed by atoms with Crippen molar-refractivity contribution in [1.82, 2.24) is 9.97 Å². The second kappa shape index (κ2) is 4.08. The molecule has 0 unspecified atom stereocenters. The number of aromatic amines is 1. The van der Waals surface area contributed by atoms with Gasteiger partial charge in [-0.3, -0.25) is 9.59 Å². The molecule has 0 saturated carbocycles. The Labute approximate surface area is 93.5 Å². The third kappa shape index (κ3) is 2.68. The van der Waals surface area contributed by atoms with Gasteiger partial charge in [-0.05, 0) is 6.92 Å². The van der Waals surface area contributed by atoms with Gasteiger partial charge in [0.05, 0.1) is 6.42 Å². The highest BCUT2D eigenvalue weighted by Gasteiger charge is 2.19. The lowest BCUT2D eigenvalue weighted by Gasteiger charge is -2.18. The highest BCUT2D eigenvalue weighted by atomic mass is 16.4. The number of nitrogens with one attached hydrogen (secondary N) is 1. The van der Waals surface area contributed by atoms with Crippen molar-refractivity contribution < 1.29 is 9.90 Å². The maximum Gasteiger partial charge on any atom is 0.308 e. The van der Waals surface area contributed by atoms with Gasteiger partial charge < -0.3 is 10.1 Å². The van der Waals surface area contributed by atoms with Crippen molar-refractivity contribution in [1.29, 1.82) is 0 Å². The highest BCUT2D eigenvalue weighted by Crippen LogP contribution is 2.17. The van der Waals surface area contributed by atoms with Gasteiger partial charge in [-0.1, -0.05) is 20.8 Å². The van der Waals surface area contributed by atoms with Gasteiger partial charge >= 0.3 is 5.97 Å². The summed E-state index contributed by atoms with van der Waals surface area (Å²) in [7, 11) is 0. The molecule has 0 amide bonds. The van der Waals surface area contributed by atoms with Crippen LogP contribution >= 0.6 is 0 Å². The standard InChI is InChI=1S/C11H16N2O3/c1-6-7(5-8(14)15)9(16)13-10(12-6)11(2,3)4/h5H2,1-4H3,(H,14,15)(H,12,13,16). The van der Waals surface area contributed by atoms with Crippen LogP contribution in [0.1, 0.15) is 37.9 Å². The molecular weight excluding hydrogens is 208 g/mol. The summed E-state index contributed by atoms with van der Waals surface area (Å²) >= 11 is 0. The molecule has 1 rings (SSSR count). The molecule has 16 heavy (non-hydrogen) atoms. The number of aliphatic carboxylic acids is 1. The lowest BCUT2D eigenvalue weighted by Crippen LogP contribution is -2.26. The number of H-pyrrole nitrogens is 1. The molecule has 1 aromatic heterocycles. The lowest BCUT2D eigenvalue weighted by atomic mass is 9.95. The predicted molar refractivity (Wildman–Crippen MR) is 59.6 cm³/mol. The van der Waals surface area contributed by atoms with E-state index in [2.05, 4.69) is 9.97 Å². The van der Waals surface area contributed by atoms with E-state index in [1.165, 1.54) is 0 Å². The largest absolute Gasteiger partial charge is 0.481 e. The molecule has 0 aromatic carbocycles. The van der Waals surface area contributed by atoms with Crippen molar-refractivity contribution in [2.75, 3.05) is 0 Å². The van der Waals surface area contributed by atoms with E-state index in [4.69, 9.17) is 5.11 Å². The summed E-state index contributed by atoms with van der Waals surface area (Å²) in [6.07, 6.45) is -0.293. The summed E-state index contributed by atoms with van der Waals surface area (Å²) in [6, 6.07) is 0. The molecule has 0 saturated heterocycles. The van der Waals surface area contributed by atoms with Crippen LogP contribution in [0.25, 0.3) is 0 Å². The topological polar surface area (TPSA) is 83.0 Å². The van der Waals surface area contributed by atoms with E-state index in [0.717, 1.165) is 0 Å². The summed E-state index contributed by atoms with van der Waals surface area (Å²) in [4.78, 5) is 29.1. The molecule has 0 fully saturated rings. The fourth-order valence-electron chi connectivity index (χ4n) is 1.33. The molecule has 0 bridgehead atoms. The molecule has 0 aliphatic heterocycles. The first-order valence-corrected chi connectivity index (χ1v) is 5.04. The van der Waals surface area contributed by atoms with Gasteiger partial charge in [0.15, 0.2) is 0 Å². The van der Waals surface area contributed by atoms with Gasteiger partial charge in [-0.2, -0.15) is 0 Å². The monoisotopic (exact) mass is 224 g/mol. The molecule has 0 aliphatic rings. The zero-order chi connectivity index (χ0) is 12.5. The van der Waals surface area contributed by atoms with Crippen molar-refractivity contribution in [2.45, 2.75) is 39.5 Å². The molecule has 0 atom stereocenters. The number of carboxylic acid groups (broad SMARTS) is 1. The normalized spacial score (nSPS) is 11.5. The first-order chi connectivity index (χ1) is 7.21. The van der Waals surface area contributed by atoms with Crippen LogP contribution in [-0.4, -0.2) is 21.0 Å². The fraction of sp³-hybridized carbons (Fsp3) is 0.545. The van der Waals surface area contributed by atoms with E-state index >= 15 is 0 Å². The van der Waals surface area contributed by atoms with Gasteiger partial charge in [-0.25, -0.2) is 4.98 Å². The summed E-state index contributed by atoms with van der Waals surface area (Å²) in [6.45, 7) is 7.45. The number of hydrogen-bond acceptors (Lipinski definition) is 3. The van der Waals surface area contributed by atoms with Crippen LogP contribution in [0.2, 0.25) is 0 Å². The maximum absolute atomic E-state index is 11.7. The SMILES string of the molecule is Cc1nc(C(C)(C)C)[nH]c(=O)c1CC(=O)O. The Morgan fingerprint density at radius 2 is 2.00 bits per heavy atom. The zero-order valence-electron chi connectivity index (χ0n) is 9.92. The van der Waals surface area contributed by atoms with Gasteiger partial charge in [0.2, 0.25) is 0 Å². The summed E-state index contributed by atoms with van der Waals surface area (Å²) in [5, 5.41) is 8.66. The minimum atomic E-state index is -1.03. The van der Waals surface area contributed by atoms with E-state index in [1.807, 2.05) is 20.8 Å². The molecule has 5 nitrogen and oxygen atoms in total. The highest BCUT2D eigenvalue weighted by molar-refractivity contribution is 5.70. The average molecular weight is 224 g/mol. The van der Waals surface area contributed by atoms with Crippen LogP contribution in [0.15, 0.2) is 4.79 Å². The second-order valence-corrected chi connectivity index (χ2v) is 4.80. The Morgan fingerprint density at radius 3 is 2.38 bits per heavy atom. The number of aryl methyl sites for hydroxylation is 1. The molecule has 0 aliphatic carbocycles.